The number of halogens is 4. The summed E-state index contributed by atoms with van der Waals surface area (Å²) in [5, 5.41) is 11.2. The molecule has 4 N–H and O–H groups in total. The van der Waals surface area contributed by atoms with Gasteiger partial charge < -0.3 is 16.2 Å². The summed E-state index contributed by atoms with van der Waals surface area (Å²) in [6, 6.07) is 4.91. The van der Waals surface area contributed by atoms with Gasteiger partial charge >= 0.3 is 6.18 Å². The van der Waals surface area contributed by atoms with Crippen LogP contribution in [-0.4, -0.2) is 23.9 Å². The van der Waals surface area contributed by atoms with Gasteiger partial charge in [0.15, 0.2) is 6.10 Å². The minimum Gasteiger partial charge on any atom is -0.397 e. The van der Waals surface area contributed by atoms with Crippen LogP contribution in [0.15, 0.2) is 18.2 Å². The second kappa shape index (κ2) is 5.09. The summed E-state index contributed by atoms with van der Waals surface area (Å²) >= 11 is 2.04. The van der Waals surface area contributed by atoms with E-state index in [1.165, 1.54) is 0 Å². The molecule has 3 nitrogen and oxygen atoms in total. The Balaban J connectivity index is 2.62. The predicted molar refractivity (Wildman–Crippen MR) is 64.1 cm³/mol. The fraction of sp³-hybridized carbons (Fsp3) is 0.333. The van der Waals surface area contributed by atoms with Crippen LogP contribution in [0.5, 0.6) is 0 Å². The Labute approximate surface area is 104 Å². The van der Waals surface area contributed by atoms with Gasteiger partial charge in [-0.2, -0.15) is 13.2 Å². The molecule has 0 bridgehead atoms. The maximum Gasteiger partial charge on any atom is 0.416 e. The van der Waals surface area contributed by atoms with Crippen molar-refractivity contribution in [1.82, 2.24) is 0 Å². The van der Waals surface area contributed by atoms with Gasteiger partial charge in [-0.3, -0.25) is 0 Å². The van der Waals surface area contributed by atoms with Gasteiger partial charge in [-0.1, -0.05) is 0 Å². The van der Waals surface area contributed by atoms with Crippen LogP contribution < -0.4 is 11.1 Å². The molecule has 7 heteroatoms. The van der Waals surface area contributed by atoms with Crippen molar-refractivity contribution in [3.8, 4) is 0 Å². The molecule has 1 aromatic carbocycles. The maximum absolute atomic E-state index is 12.0. The van der Waals surface area contributed by atoms with E-state index in [1.54, 1.807) is 18.2 Å². The number of nitrogens with two attached hydrogens (primary N) is 1. The minimum absolute atomic E-state index is 0.348. The van der Waals surface area contributed by atoms with Gasteiger partial charge in [-0.05, 0) is 40.8 Å². The smallest absolute Gasteiger partial charge is 0.397 e. The highest BCUT2D eigenvalue weighted by atomic mass is 127. The number of benzene rings is 1. The summed E-state index contributed by atoms with van der Waals surface area (Å²) in [5.74, 6) is 0. The van der Waals surface area contributed by atoms with E-state index in [0.717, 1.165) is 3.57 Å². The third kappa shape index (κ3) is 3.71. The topological polar surface area (TPSA) is 58.3 Å². The first-order chi connectivity index (χ1) is 7.30. The van der Waals surface area contributed by atoms with Crippen molar-refractivity contribution < 1.29 is 18.3 Å². The van der Waals surface area contributed by atoms with Gasteiger partial charge in [-0.25, -0.2) is 0 Å². The van der Waals surface area contributed by atoms with Crippen molar-refractivity contribution in [2.45, 2.75) is 12.3 Å². The Kier molecular flexibility index (Phi) is 4.25. The van der Waals surface area contributed by atoms with Gasteiger partial charge in [0.25, 0.3) is 0 Å². The van der Waals surface area contributed by atoms with Gasteiger partial charge in [0.1, 0.15) is 0 Å². The SMILES string of the molecule is Nc1cc(I)ccc1NCC(O)C(F)(F)F. The highest BCUT2D eigenvalue weighted by molar-refractivity contribution is 14.1. The molecule has 16 heavy (non-hydrogen) atoms. The Hall–Kier alpha value is -0.700. The van der Waals surface area contributed by atoms with Gasteiger partial charge in [0, 0.05) is 10.1 Å². The lowest BCUT2D eigenvalue weighted by Gasteiger charge is -2.16. The van der Waals surface area contributed by atoms with Crippen LogP contribution in [0.2, 0.25) is 0 Å². The van der Waals surface area contributed by atoms with Crippen molar-refractivity contribution in [2.75, 3.05) is 17.6 Å². The Morgan fingerprint density at radius 2 is 2.06 bits per heavy atom. The third-order valence-corrected chi connectivity index (χ3v) is 2.55. The second-order valence-electron chi connectivity index (χ2n) is 3.17. The van der Waals surface area contributed by atoms with E-state index in [1.807, 2.05) is 22.6 Å². The molecule has 0 aliphatic heterocycles. The zero-order valence-corrected chi connectivity index (χ0v) is 10.2. The summed E-state index contributed by atoms with van der Waals surface area (Å²) in [4.78, 5) is 0. The summed E-state index contributed by atoms with van der Waals surface area (Å²) < 4.78 is 36.9. The average molecular weight is 346 g/mol. The molecule has 0 aliphatic rings. The van der Waals surface area contributed by atoms with E-state index in [2.05, 4.69) is 5.32 Å². The quantitative estimate of drug-likeness (QED) is 0.581. The van der Waals surface area contributed by atoms with E-state index in [0.29, 0.717) is 11.4 Å². The van der Waals surface area contributed by atoms with Crippen molar-refractivity contribution >= 4 is 34.0 Å². The molecule has 0 radical (unpaired) electrons. The standard InChI is InChI=1S/C9H10F3IN2O/c10-9(11,12)8(16)4-15-7-2-1-5(13)3-6(7)14/h1-3,8,15-16H,4,14H2. The summed E-state index contributed by atoms with van der Waals surface area (Å²) in [7, 11) is 0. The summed E-state index contributed by atoms with van der Waals surface area (Å²) in [6.07, 6.45) is -7.02. The van der Waals surface area contributed by atoms with Crippen LogP contribution in [-0.2, 0) is 0 Å². The molecule has 1 aromatic rings. The number of hydrogen-bond acceptors (Lipinski definition) is 3. The van der Waals surface area contributed by atoms with Gasteiger partial charge in [0.2, 0.25) is 0 Å². The number of nitrogens with one attached hydrogen (secondary N) is 1. The molecule has 0 saturated heterocycles. The first-order valence-corrected chi connectivity index (χ1v) is 5.42. The molecule has 1 atom stereocenters. The Morgan fingerprint density at radius 1 is 1.44 bits per heavy atom. The molecular weight excluding hydrogens is 336 g/mol. The van der Waals surface area contributed by atoms with Crippen molar-refractivity contribution in [3.05, 3.63) is 21.8 Å². The molecular formula is C9H10F3IN2O. The fourth-order valence-electron chi connectivity index (χ4n) is 1.02. The summed E-state index contributed by atoms with van der Waals surface area (Å²) in [5.41, 5.74) is 6.31. The molecule has 1 unspecified atom stereocenters. The van der Waals surface area contributed by atoms with Crippen LogP contribution >= 0.6 is 22.6 Å². The van der Waals surface area contributed by atoms with E-state index in [-0.39, 0.29) is 0 Å². The largest absolute Gasteiger partial charge is 0.416 e. The molecule has 0 aliphatic carbocycles. The van der Waals surface area contributed by atoms with Gasteiger partial charge in [0.05, 0.1) is 11.4 Å². The number of nitrogen functional groups attached to an aromatic ring is 1. The monoisotopic (exact) mass is 346 g/mol. The van der Waals surface area contributed by atoms with Crippen LogP contribution in [0.3, 0.4) is 0 Å². The molecule has 0 saturated carbocycles. The highest BCUT2D eigenvalue weighted by Gasteiger charge is 2.37. The molecule has 0 amide bonds. The van der Waals surface area contributed by atoms with Crippen LogP contribution in [0.4, 0.5) is 24.5 Å². The van der Waals surface area contributed by atoms with Crippen molar-refractivity contribution in [1.29, 1.82) is 0 Å². The lowest BCUT2D eigenvalue weighted by Crippen LogP contribution is -2.35. The van der Waals surface area contributed by atoms with Crippen LogP contribution in [0, 0.1) is 3.57 Å². The minimum atomic E-state index is -4.62. The zero-order chi connectivity index (χ0) is 12.3. The van der Waals surface area contributed by atoms with Crippen LogP contribution in [0.1, 0.15) is 0 Å². The zero-order valence-electron chi connectivity index (χ0n) is 8.05. The third-order valence-electron chi connectivity index (χ3n) is 1.88. The second-order valence-corrected chi connectivity index (χ2v) is 4.42. The van der Waals surface area contributed by atoms with Crippen molar-refractivity contribution in [2.24, 2.45) is 0 Å². The molecule has 0 aromatic heterocycles. The predicted octanol–water partition coefficient (Wildman–Crippen LogP) is 2.21. The van der Waals surface area contributed by atoms with E-state index < -0.39 is 18.8 Å². The molecule has 0 fully saturated rings. The molecule has 1 rings (SSSR count). The van der Waals surface area contributed by atoms with E-state index in [4.69, 9.17) is 10.8 Å². The average Bonchev–Trinajstić information content (AvgIpc) is 2.14. The number of alkyl halides is 3. The van der Waals surface area contributed by atoms with Crippen LogP contribution in [0.25, 0.3) is 0 Å². The number of aliphatic hydroxyl groups is 1. The normalized spacial score (nSPS) is 13.6. The number of aliphatic hydroxyl groups excluding tert-OH is 1. The number of rotatable bonds is 3. The Bertz CT molecular complexity index is 370. The first kappa shape index (κ1) is 13.4. The lowest BCUT2D eigenvalue weighted by molar-refractivity contribution is -0.198. The molecule has 0 heterocycles. The highest BCUT2D eigenvalue weighted by Crippen LogP contribution is 2.23. The molecule has 90 valence electrons. The number of anilines is 2. The Morgan fingerprint density at radius 3 is 2.56 bits per heavy atom. The van der Waals surface area contributed by atoms with Gasteiger partial charge in [-0.15, -0.1) is 0 Å². The maximum atomic E-state index is 12.0. The van der Waals surface area contributed by atoms with E-state index in [9.17, 15) is 13.2 Å². The lowest BCUT2D eigenvalue weighted by atomic mass is 10.2. The fourth-order valence-corrected chi connectivity index (χ4v) is 1.53. The first-order valence-electron chi connectivity index (χ1n) is 4.34. The summed E-state index contributed by atoms with van der Waals surface area (Å²) in [6.45, 7) is -0.617. The van der Waals surface area contributed by atoms with Crippen molar-refractivity contribution in [3.63, 3.8) is 0 Å². The molecule has 0 spiro atoms. The number of hydrogen-bond donors (Lipinski definition) is 3. The van der Waals surface area contributed by atoms with E-state index >= 15 is 0 Å².